The Bertz CT molecular complexity index is 695. The van der Waals surface area contributed by atoms with Crippen LogP contribution in [0, 0.1) is 0 Å². The number of esters is 2. The zero-order valence-corrected chi connectivity index (χ0v) is 15.6. The molecule has 0 atom stereocenters. The Kier molecular flexibility index (Phi) is 7.81. The van der Waals surface area contributed by atoms with E-state index in [9.17, 15) is 18.0 Å². The van der Waals surface area contributed by atoms with E-state index in [-0.39, 0.29) is 28.4 Å². The van der Waals surface area contributed by atoms with Crippen LogP contribution in [-0.4, -0.2) is 65.1 Å². The highest BCUT2D eigenvalue weighted by Crippen LogP contribution is 2.21. The van der Waals surface area contributed by atoms with Gasteiger partial charge in [-0.3, -0.25) is 0 Å². The summed E-state index contributed by atoms with van der Waals surface area (Å²) in [5.74, 6) is -1.45. The van der Waals surface area contributed by atoms with Gasteiger partial charge < -0.3 is 14.8 Å². The number of benzene rings is 1. The molecule has 1 aliphatic heterocycles. The van der Waals surface area contributed by atoms with Gasteiger partial charge in [0.25, 0.3) is 0 Å². The second-order valence-electron chi connectivity index (χ2n) is 5.24. The fourth-order valence-electron chi connectivity index (χ4n) is 2.43. The van der Waals surface area contributed by atoms with Gasteiger partial charge in [-0.05, 0) is 31.2 Å². The number of rotatable bonds is 4. The number of nitrogens with zero attached hydrogens (tertiary/aromatic N) is 1. The second kappa shape index (κ2) is 9.14. The van der Waals surface area contributed by atoms with Crippen LogP contribution in [-0.2, 0) is 19.5 Å². The molecule has 1 fully saturated rings. The highest BCUT2D eigenvalue weighted by Gasteiger charge is 2.27. The third-order valence-corrected chi connectivity index (χ3v) is 5.56. The standard InChI is InChI=1S/C15H20N2O6S.ClH/c1-22-14(18)11-8-12(15(19)23-2)10-13(9-11)24(20,21)17-6-3-4-16-5-7-17;/h8-10,16H,3-7H2,1-2H3;1H. The normalized spacial score (nSPS) is 15.6. The largest absolute Gasteiger partial charge is 0.465 e. The van der Waals surface area contributed by atoms with E-state index in [4.69, 9.17) is 0 Å². The van der Waals surface area contributed by atoms with Gasteiger partial charge in [0.05, 0.1) is 30.2 Å². The minimum absolute atomic E-state index is 0. The highest BCUT2D eigenvalue weighted by atomic mass is 35.5. The third kappa shape index (κ3) is 4.91. The maximum absolute atomic E-state index is 12.9. The lowest BCUT2D eigenvalue weighted by atomic mass is 10.1. The van der Waals surface area contributed by atoms with Crippen LogP contribution in [0.3, 0.4) is 0 Å². The zero-order valence-electron chi connectivity index (χ0n) is 14.0. The molecule has 1 saturated heterocycles. The molecule has 0 bridgehead atoms. The number of sulfonamides is 1. The van der Waals surface area contributed by atoms with Crippen LogP contribution in [0.5, 0.6) is 0 Å². The molecule has 2 rings (SSSR count). The number of halogens is 1. The Morgan fingerprint density at radius 3 is 2.08 bits per heavy atom. The van der Waals surface area contributed by atoms with Crippen molar-refractivity contribution in [3.8, 4) is 0 Å². The van der Waals surface area contributed by atoms with Crippen LogP contribution in [0.4, 0.5) is 0 Å². The molecule has 140 valence electrons. The maximum Gasteiger partial charge on any atom is 0.337 e. The van der Waals surface area contributed by atoms with Gasteiger partial charge in [0.15, 0.2) is 0 Å². The molecule has 8 nitrogen and oxygen atoms in total. The smallest absolute Gasteiger partial charge is 0.337 e. The van der Waals surface area contributed by atoms with E-state index in [2.05, 4.69) is 14.8 Å². The lowest BCUT2D eigenvalue weighted by Gasteiger charge is -2.20. The average Bonchev–Trinajstić information content (AvgIpc) is 2.89. The minimum atomic E-state index is -3.84. The summed E-state index contributed by atoms with van der Waals surface area (Å²) in [5.41, 5.74) is -0.0427. The van der Waals surface area contributed by atoms with E-state index in [0.717, 1.165) is 6.54 Å². The van der Waals surface area contributed by atoms with Crippen LogP contribution in [0.2, 0.25) is 0 Å². The van der Waals surface area contributed by atoms with Crippen molar-refractivity contribution in [1.82, 2.24) is 9.62 Å². The molecule has 0 amide bonds. The highest BCUT2D eigenvalue weighted by molar-refractivity contribution is 7.89. The summed E-state index contributed by atoms with van der Waals surface area (Å²) in [6.45, 7) is 1.96. The molecule has 1 aromatic rings. The predicted molar refractivity (Wildman–Crippen MR) is 92.6 cm³/mol. The quantitative estimate of drug-likeness (QED) is 0.751. The Labute approximate surface area is 152 Å². The topological polar surface area (TPSA) is 102 Å². The molecule has 0 spiro atoms. The number of carbonyl (C=O) groups excluding carboxylic acids is 2. The first kappa shape index (κ1) is 21.4. The van der Waals surface area contributed by atoms with Crippen molar-refractivity contribution in [2.45, 2.75) is 11.3 Å². The molecule has 0 unspecified atom stereocenters. The second-order valence-corrected chi connectivity index (χ2v) is 7.17. The van der Waals surface area contributed by atoms with Gasteiger partial charge >= 0.3 is 11.9 Å². The van der Waals surface area contributed by atoms with E-state index in [1.54, 1.807) is 0 Å². The summed E-state index contributed by atoms with van der Waals surface area (Å²) in [6.07, 6.45) is 0.680. The monoisotopic (exact) mass is 392 g/mol. The first-order chi connectivity index (χ1) is 11.4. The molecule has 1 N–H and O–H groups in total. The lowest BCUT2D eigenvalue weighted by molar-refractivity contribution is 0.0598. The van der Waals surface area contributed by atoms with E-state index in [1.165, 1.54) is 36.7 Å². The Balaban J connectivity index is 0.00000312. The Morgan fingerprint density at radius 2 is 1.56 bits per heavy atom. The SMILES string of the molecule is COC(=O)c1cc(C(=O)OC)cc(S(=O)(=O)N2CCCNCC2)c1.Cl. The number of carbonyl (C=O) groups is 2. The summed E-state index contributed by atoms with van der Waals surface area (Å²) >= 11 is 0. The summed E-state index contributed by atoms with van der Waals surface area (Å²) in [6, 6.07) is 3.68. The molecule has 1 aliphatic rings. The van der Waals surface area contributed by atoms with Crippen molar-refractivity contribution < 1.29 is 27.5 Å². The molecule has 1 heterocycles. The van der Waals surface area contributed by atoms with Crippen LogP contribution in [0.1, 0.15) is 27.1 Å². The van der Waals surface area contributed by atoms with Crippen molar-refractivity contribution in [2.24, 2.45) is 0 Å². The zero-order chi connectivity index (χ0) is 17.7. The van der Waals surface area contributed by atoms with E-state index >= 15 is 0 Å². The van der Waals surface area contributed by atoms with E-state index in [1.807, 2.05) is 0 Å². The molecule has 25 heavy (non-hydrogen) atoms. The van der Waals surface area contributed by atoms with Gasteiger partial charge in [0.2, 0.25) is 10.0 Å². The minimum Gasteiger partial charge on any atom is -0.465 e. The molecular formula is C15H21ClN2O6S. The van der Waals surface area contributed by atoms with Crippen molar-refractivity contribution >= 4 is 34.4 Å². The van der Waals surface area contributed by atoms with E-state index in [0.29, 0.717) is 26.1 Å². The molecule has 0 aliphatic carbocycles. The molecule has 1 aromatic carbocycles. The lowest BCUT2D eigenvalue weighted by Crippen LogP contribution is -2.34. The van der Waals surface area contributed by atoms with Crippen molar-refractivity contribution in [3.63, 3.8) is 0 Å². The van der Waals surface area contributed by atoms with Crippen molar-refractivity contribution in [2.75, 3.05) is 40.4 Å². The van der Waals surface area contributed by atoms with Gasteiger partial charge in [0, 0.05) is 19.6 Å². The maximum atomic E-state index is 12.9. The number of hydrogen-bond acceptors (Lipinski definition) is 7. The summed E-state index contributed by atoms with van der Waals surface area (Å²) in [7, 11) is -1.47. The fraction of sp³-hybridized carbons (Fsp3) is 0.467. The van der Waals surface area contributed by atoms with E-state index < -0.39 is 22.0 Å². The van der Waals surface area contributed by atoms with Crippen LogP contribution >= 0.6 is 12.4 Å². The first-order valence-corrected chi connectivity index (χ1v) is 8.86. The summed E-state index contributed by atoms with van der Waals surface area (Å²) in [4.78, 5) is 23.5. The Hall–Kier alpha value is -1.68. The van der Waals surface area contributed by atoms with Crippen molar-refractivity contribution in [1.29, 1.82) is 0 Å². The summed E-state index contributed by atoms with van der Waals surface area (Å²) in [5, 5.41) is 3.12. The molecule has 0 saturated carbocycles. The average molecular weight is 393 g/mol. The van der Waals surface area contributed by atoms with Gasteiger partial charge in [-0.2, -0.15) is 4.31 Å². The van der Waals surface area contributed by atoms with Crippen LogP contribution in [0.15, 0.2) is 23.1 Å². The number of nitrogens with one attached hydrogen (secondary N) is 1. The predicted octanol–water partition coefficient (Wildman–Crippen LogP) is 0.666. The first-order valence-electron chi connectivity index (χ1n) is 7.42. The van der Waals surface area contributed by atoms with Crippen LogP contribution in [0.25, 0.3) is 0 Å². The third-order valence-electron chi connectivity index (χ3n) is 3.69. The van der Waals surface area contributed by atoms with Gasteiger partial charge in [0.1, 0.15) is 0 Å². The van der Waals surface area contributed by atoms with Crippen LogP contribution < -0.4 is 5.32 Å². The number of methoxy groups -OCH3 is 2. The molecule has 10 heteroatoms. The Morgan fingerprint density at radius 1 is 1.00 bits per heavy atom. The molecule has 0 aromatic heterocycles. The summed E-state index contributed by atoms with van der Waals surface area (Å²) < 4.78 is 36.3. The number of ether oxygens (including phenoxy) is 2. The van der Waals surface area contributed by atoms with Gasteiger partial charge in [-0.15, -0.1) is 12.4 Å². The van der Waals surface area contributed by atoms with Crippen molar-refractivity contribution in [3.05, 3.63) is 29.3 Å². The van der Waals surface area contributed by atoms with Gasteiger partial charge in [-0.25, -0.2) is 18.0 Å². The van der Waals surface area contributed by atoms with Gasteiger partial charge in [-0.1, -0.05) is 0 Å². The molecular weight excluding hydrogens is 372 g/mol. The number of hydrogen-bond donors (Lipinski definition) is 1. The fourth-order valence-corrected chi connectivity index (χ4v) is 3.98. The molecule has 0 radical (unpaired) electrons.